The Bertz CT molecular complexity index is 1170. The van der Waals surface area contributed by atoms with E-state index in [0.29, 0.717) is 12.8 Å². The van der Waals surface area contributed by atoms with Gasteiger partial charge >= 0.3 is 0 Å². The highest BCUT2D eigenvalue weighted by atomic mass is 32.1. The molecule has 0 aromatic carbocycles. The molecule has 0 amide bonds. The van der Waals surface area contributed by atoms with E-state index in [4.69, 9.17) is 9.72 Å². The second-order valence-corrected chi connectivity index (χ2v) is 8.75. The Labute approximate surface area is 160 Å². The molecule has 0 unspecified atom stereocenters. The van der Waals surface area contributed by atoms with Crippen molar-refractivity contribution in [1.29, 1.82) is 0 Å². The van der Waals surface area contributed by atoms with Gasteiger partial charge in [0.25, 0.3) is 0 Å². The van der Waals surface area contributed by atoms with Crippen LogP contribution in [0.5, 0.6) is 0 Å². The van der Waals surface area contributed by atoms with Gasteiger partial charge in [-0.15, -0.1) is 11.3 Å². The molecule has 0 saturated heterocycles. The predicted molar refractivity (Wildman–Crippen MR) is 106 cm³/mol. The van der Waals surface area contributed by atoms with Crippen LogP contribution in [0.2, 0.25) is 0 Å². The summed E-state index contributed by atoms with van der Waals surface area (Å²) < 4.78 is 8.33. The van der Waals surface area contributed by atoms with Crippen molar-refractivity contribution in [3.05, 3.63) is 41.5 Å². The minimum atomic E-state index is -0.813. The summed E-state index contributed by atoms with van der Waals surface area (Å²) in [6, 6.07) is 8.14. The lowest BCUT2D eigenvalue weighted by atomic mass is 9.67. The van der Waals surface area contributed by atoms with E-state index >= 15 is 0 Å². The molecule has 5 rings (SSSR count). The van der Waals surface area contributed by atoms with Gasteiger partial charge in [0.15, 0.2) is 5.65 Å². The van der Waals surface area contributed by atoms with Crippen LogP contribution in [0, 0.1) is 0 Å². The Morgan fingerprint density at radius 1 is 1.26 bits per heavy atom. The number of nitrogens with zero attached hydrogens (tertiary/aromatic N) is 4. The molecule has 1 saturated carbocycles. The summed E-state index contributed by atoms with van der Waals surface area (Å²) in [5.41, 5.74) is 2.40. The maximum atomic E-state index is 10.9. The largest absolute Gasteiger partial charge is 0.384 e. The first-order valence-electron chi connectivity index (χ1n) is 8.86. The minimum absolute atomic E-state index is 0.242. The Balaban J connectivity index is 1.52. The molecule has 0 bridgehead atoms. The Morgan fingerprint density at radius 2 is 2.07 bits per heavy atom. The monoisotopic (exact) mass is 380 g/mol. The molecular formula is C20H20N4O2S. The van der Waals surface area contributed by atoms with Crippen molar-refractivity contribution < 1.29 is 9.84 Å². The number of ether oxygens (including phenoxy) is 1. The van der Waals surface area contributed by atoms with Crippen molar-refractivity contribution in [3.63, 3.8) is 0 Å². The minimum Gasteiger partial charge on any atom is -0.384 e. The molecule has 4 aromatic rings. The second kappa shape index (κ2) is 5.58. The van der Waals surface area contributed by atoms with E-state index in [9.17, 15) is 5.11 Å². The predicted octanol–water partition coefficient (Wildman–Crippen LogP) is 3.63. The molecule has 7 heteroatoms. The summed E-state index contributed by atoms with van der Waals surface area (Å²) in [4.78, 5) is 10.2. The summed E-state index contributed by atoms with van der Waals surface area (Å²) in [7, 11) is 3.59. The molecule has 1 aliphatic rings. The molecule has 0 radical (unpaired) electrons. The number of pyridine rings is 2. The summed E-state index contributed by atoms with van der Waals surface area (Å²) in [6.07, 6.45) is 4.97. The van der Waals surface area contributed by atoms with Crippen LogP contribution < -0.4 is 0 Å². The third-order valence-electron chi connectivity index (χ3n) is 5.43. The van der Waals surface area contributed by atoms with Crippen molar-refractivity contribution in [2.45, 2.75) is 31.0 Å². The van der Waals surface area contributed by atoms with Gasteiger partial charge in [-0.2, -0.15) is 5.10 Å². The third kappa shape index (κ3) is 2.65. The highest BCUT2D eigenvalue weighted by Crippen LogP contribution is 2.52. The number of thiophene rings is 1. The standard InChI is InChI=1S/C20H20N4O2S/c1-19(26-3)10-20(25,11-19)17-7-15-16(27-17)5-4-14(22-15)12-6-13-9-24(2)23-18(13)21-8-12/h4-9,25H,10-11H2,1-3H3. The van der Waals surface area contributed by atoms with Gasteiger partial charge in [-0.1, -0.05) is 0 Å². The van der Waals surface area contributed by atoms with E-state index in [1.165, 1.54) is 0 Å². The lowest BCUT2D eigenvalue weighted by molar-refractivity contribution is -0.189. The lowest BCUT2D eigenvalue weighted by Gasteiger charge is -2.50. The van der Waals surface area contributed by atoms with Gasteiger partial charge in [0.2, 0.25) is 0 Å². The quantitative estimate of drug-likeness (QED) is 0.587. The number of hydrogen-bond donors (Lipinski definition) is 1. The van der Waals surface area contributed by atoms with Crippen LogP contribution >= 0.6 is 11.3 Å². The van der Waals surface area contributed by atoms with E-state index < -0.39 is 5.60 Å². The first-order valence-corrected chi connectivity index (χ1v) is 9.68. The van der Waals surface area contributed by atoms with Crippen molar-refractivity contribution in [2.24, 2.45) is 7.05 Å². The van der Waals surface area contributed by atoms with Crippen molar-refractivity contribution in [1.82, 2.24) is 19.7 Å². The molecule has 0 spiro atoms. The average Bonchev–Trinajstić information content (AvgIpc) is 3.21. The fourth-order valence-corrected chi connectivity index (χ4v) is 5.08. The number of hydrogen-bond acceptors (Lipinski definition) is 6. The number of aryl methyl sites for hydroxylation is 1. The normalized spacial score (nSPS) is 25.2. The van der Waals surface area contributed by atoms with Gasteiger partial charge in [-0.3, -0.25) is 4.68 Å². The van der Waals surface area contributed by atoms with Crippen LogP contribution in [0.15, 0.2) is 36.7 Å². The maximum absolute atomic E-state index is 10.9. The topological polar surface area (TPSA) is 73.1 Å². The molecule has 4 heterocycles. The van der Waals surface area contributed by atoms with Crippen LogP contribution in [0.1, 0.15) is 24.6 Å². The highest BCUT2D eigenvalue weighted by Gasteiger charge is 2.53. The number of aliphatic hydroxyl groups is 1. The van der Waals surface area contributed by atoms with Gasteiger partial charge in [0, 0.05) is 55.2 Å². The molecule has 1 N–H and O–H groups in total. The van der Waals surface area contributed by atoms with Crippen molar-refractivity contribution in [2.75, 3.05) is 7.11 Å². The average molecular weight is 380 g/mol. The molecule has 0 atom stereocenters. The van der Waals surface area contributed by atoms with Crippen molar-refractivity contribution >= 4 is 32.6 Å². The van der Waals surface area contributed by atoms with Crippen LogP contribution in [0.3, 0.4) is 0 Å². The van der Waals surface area contributed by atoms with Crippen LogP contribution in [0.4, 0.5) is 0 Å². The number of aromatic nitrogens is 4. The van der Waals surface area contributed by atoms with E-state index in [0.717, 1.165) is 37.4 Å². The molecule has 4 aromatic heterocycles. The third-order valence-corrected chi connectivity index (χ3v) is 6.71. The lowest BCUT2D eigenvalue weighted by Crippen LogP contribution is -2.53. The summed E-state index contributed by atoms with van der Waals surface area (Å²) in [5, 5.41) is 16.2. The Kier molecular flexibility index (Phi) is 3.47. The number of methoxy groups -OCH3 is 1. The van der Waals surface area contributed by atoms with Gasteiger partial charge in [0.05, 0.1) is 21.5 Å². The Morgan fingerprint density at radius 3 is 2.85 bits per heavy atom. The molecule has 1 aliphatic carbocycles. The zero-order valence-corrected chi connectivity index (χ0v) is 16.2. The summed E-state index contributed by atoms with van der Waals surface area (Å²) >= 11 is 1.60. The van der Waals surface area contributed by atoms with Crippen LogP contribution in [-0.4, -0.2) is 37.6 Å². The van der Waals surface area contributed by atoms with Gasteiger partial charge in [-0.05, 0) is 31.2 Å². The Hall–Kier alpha value is -2.35. The first kappa shape index (κ1) is 16.8. The van der Waals surface area contributed by atoms with E-state index in [1.807, 2.05) is 32.3 Å². The number of fused-ring (bicyclic) bond motifs is 2. The van der Waals surface area contributed by atoms with Crippen LogP contribution in [-0.2, 0) is 17.4 Å². The SMILES string of the molecule is COC1(C)CC(O)(c2cc3nc(-c4cnc5nn(C)cc5c4)ccc3s2)C1. The summed E-state index contributed by atoms with van der Waals surface area (Å²) in [5.74, 6) is 0. The fraction of sp³-hybridized carbons (Fsp3) is 0.350. The molecule has 1 fully saturated rings. The van der Waals surface area contributed by atoms with Crippen LogP contribution in [0.25, 0.3) is 32.5 Å². The fourth-order valence-electron chi connectivity index (χ4n) is 3.99. The van der Waals surface area contributed by atoms with E-state index in [1.54, 1.807) is 29.3 Å². The van der Waals surface area contributed by atoms with Gasteiger partial charge in [0.1, 0.15) is 5.60 Å². The van der Waals surface area contributed by atoms with Gasteiger partial charge in [-0.25, -0.2) is 9.97 Å². The zero-order chi connectivity index (χ0) is 18.8. The smallest absolute Gasteiger partial charge is 0.181 e. The maximum Gasteiger partial charge on any atom is 0.181 e. The van der Waals surface area contributed by atoms with Crippen molar-refractivity contribution in [3.8, 4) is 11.3 Å². The molecule has 138 valence electrons. The molecule has 0 aliphatic heterocycles. The summed E-state index contributed by atoms with van der Waals surface area (Å²) in [6.45, 7) is 2.03. The van der Waals surface area contributed by atoms with E-state index in [2.05, 4.69) is 22.2 Å². The molecule has 27 heavy (non-hydrogen) atoms. The second-order valence-electron chi connectivity index (χ2n) is 7.67. The van der Waals surface area contributed by atoms with Gasteiger partial charge < -0.3 is 9.84 Å². The highest BCUT2D eigenvalue weighted by molar-refractivity contribution is 7.19. The molecule has 6 nitrogen and oxygen atoms in total. The molecular weight excluding hydrogens is 360 g/mol. The zero-order valence-electron chi connectivity index (χ0n) is 15.4. The number of rotatable bonds is 3. The first-order chi connectivity index (χ1) is 12.9. The van der Waals surface area contributed by atoms with E-state index in [-0.39, 0.29) is 5.60 Å².